The zero-order valence-electron chi connectivity index (χ0n) is 21.2. The van der Waals surface area contributed by atoms with E-state index in [1.54, 1.807) is 12.4 Å². The van der Waals surface area contributed by atoms with Gasteiger partial charge >= 0.3 is 0 Å². The molecule has 0 radical (unpaired) electrons. The molecule has 2 atom stereocenters. The van der Waals surface area contributed by atoms with E-state index in [4.69, 9.17) is 4.74 Å². The maximum Gasteiger partial charge on any atom is 0.159 e. The van der Waals surface area contributed by atoms with Crippen molar-refractivity contribution in [3.05, 3.63) is 42.2 Å². The van der Waals surface area contributed by atoms with Crippen molar-refractivity contribution >= 4 is 0 Å². The molecule has 3 nitrogen and oxygen atoms in total. The fourth-order valence-electron chi connectivity index (χ4n) is 4.03. The van der Waals surface area contributed by atoms with E-state index >= 15 is 0 Å². The molecule has 33 heavy (non-hydrogen) atoms. The number of alkyl halides is 1. The summed E-state index contributed by atoms with van der Waals surface area (Å²) in [5, 5.41) is 0. The summed E-state index contributed by atoms with van der Waals surface area (Å²) in [6.45, 7) is 6.81. The third kappa shape index (κ3) is 11.6. The van der Waals surface area contributed by atoms with Gasteiger partial charge in [0, 0.05) is 12.0 Å². The molecule has 1 aromatic heterocycles. The number of aryl methyl sites for hydroxylation is 1. The molecule has 0 fully saturated rings. The maximum absolute atomic E-state index is 13.9. The highest BCUT2D eigenvalue weighted by Gasteiger charge is 2.11. The summed E-state index contributed by atoms with van der Waals surface area (Å²) in [7, 11) is 0. The molecular formula is C29H45FN2O. The number of unbranched alkanes of at least 4 members (excludes halogenated alkanes) is 8. The van der Waals surface area contributed by atoms with Gasteiger partial charge in [0.2, 0.25) is 0 Å². The summed E-state index contributed by atoms with van der Waals surface area (Å²) in [4.78, 5) is 8.86. The number of nitrogens with zero attached hydrogens (tertiary/aromatic N) is 2. The van der Waals surface area contributed by atoms with Crippen molar-refractivity contribution < 1.29 is 9.13 Å². The molecule has 184 valence electrons. The van der Waals surface area contributed by atoms with Crippen LogP contribution in [0.25, 0.3) is 11.4 Å². The third-order valence-corrected chi connectivity index (χ3v) is 6.46. The minimum atomic E-state index is -0.811. The fourth-order valence-corrected chi connectivity index (χ4v) is 4.03. The summed E-state index contributed by atoms with van der Waals surface area (Å²) < 4.78 is 19.6. The molecule has 2 rings (SSSR count). The van der Waals surface area contributed by atoms with Crippen molar-refractivity contribution in [2.75, 3.05) is 6.61 Å². The highest BCUT2D eigenvalue weighted by Crippen LogP contribution is 2.20. The zero-order valence-corrected chi connectivity index (χ0v) is 21.2. The average Bonchev–Trinajstić information content (AvgIpc) is 2.84. The molecule has 0 aliphatic rings. The molecule has 1 aromatic carbocycles. The fraction of sp³-hybridized carbons (Fsp3) is 0.655. The molecule has 1 heterocycles. The van der Waals surface area contributed by atoms with E-state index in [2.05, 4.69) is 55.0 Å². The third-order valence-electron chi connectivity index (χ3n) is 6.46. The van der Waals surface area contributed by atoms with Gasteiger partial charge < -0.3 is 4.74 Å². The quantitative estimate of drug-likeness (QED) is 0.210. The van der Waals surface area contributed by atoms with E-state index in [0.717, 1.165) is 18.4 Å². The van der Waals surface area contributed by atoms with Crippen LogP contribution in [0.4, 0.5) is 4.39 Å². The lowest BCUT2D eigenvalue weighted by atomic mass is 10.0. The molecule has 0 aliphatic carbocycles. The second-order valence-electron chi connectivity index (χ2n) is 9.50. The number of benzene rings is 1. The molecule has 0 saturated carbocycles. The second-order valence-corrected chi connectivity index (χ2v) is 9.50. The van der Waals surface area contributed by atoms with Gasteiger partial charge in [0.25, 0.3) is 0 Å². The van der Waals surface area contributed by atoms with Gasteiger partial charge in [-0.2, -0.15) is 0 Å². The van der Waals surface area contributed by atoms with E-state index in [0.29, 0.717) is 36.9 Å². The van der Waals surface area contributed by atoms with Crippen molar-refractivity contribution in [2.45, 2.75) is 110 Å². The van der Waals surface area contributed by atoms with Gasteiger partial charge in [0.05, 0.1) is 19.0 Å². The van der Waals surface area contributed by atoms with Crippen LogP contribution in [0.1, 0.15) is 103 Å². The number of aromatic nitrogens is 2. The Kier molecular flexibility index (Phi) is 13.7. The van der Waals surface area contributed by atoms with Crippen molar-refractivity contribution in [3.63, 3.8) is 0 Å². The van der Waals surface area contributed by atoms with Crippen LogP contribution in [0.5, 0.6) is 5.75 Å². The number of rotatable bonds is 18. The molecule has 0 bridgehead atoms. The van der Waals surface area contributed by atoms with Crippen molar-refractivity contribution in [1.82, 2.24) is 9.97 Å². The number of halogens is 1. The Balaban J connectivity index is 1.65. The van der Waals surface area contributed by atoms with Gasteiger partial charge in [-0.05, 0) is 30.7 Å². The van der Waals surface area contributed by atoms with Crippen LogP contribution >= 0.6 is 0 Å². The average molecular weight is 457 g/mol. The molecule has 0 saturated heterocycles. The van der Waals surface area contributed by atoms with Crippen molar-refractivity contribution in [1.29, 1.82) is 0 Å². The molecule has 2 unspecified atom stereocenters. The lowest BCUT2D eigenvalue weighted by molar-refractivity contribution is 0.206. The lowest BCUT2D eigenvalue weighted by Crippen LogP contribution is -2.11. The van der Waals surface area contributed by atoms with Gasteiger partial charge in [-0.15, -0.1) is 0 Å². The van der Waals surface area contributed by atoms with Crippen molar-refractivity contribution in [2.24, 2.45) is 5.92 Å². The molecule has 0 N–H and O–H groups in total. The van der Waals surface area contributed by atoms with Crippen LogP contribution in [-0.4, -0.2) is 22.7 Å². The SMILES string of the molecule is CCCCCCCCCCCc1ccc(-c2ncc(OCCC(F)CC(C)CC)cn2)cc1. The van der Waals surface area contributed by atoms with E-state index in [1.807, 2.05) is 0 Å². The van der Waals surface area contributed by atoms with Crippen LogP contribution in [0.3, 0.4) is 0 Å². The highest BCUT2D eigenvalue weighted by molar-refractivity contribution is 5.55. The van der Waals surface area contributed by atoms with Crippen LogP contribution in [-0.2, 0) is 6.42 Å². The minimum Gasteiger partial charge on any atom is -0.490 e. The summed E-state index contributed by atoms with van der Waals surface area (Å²) in [6, 6.07) is 8.57. The Morgan fingerprint density at radius 3 is 2.06 bits per heavy atom. The molecule has 2 aromatic rings. The first-order valence-electron chi connectivity index (χ1n) is 13.3. The normalized spacial score (nSPS) is 13.1. The Morgan fingerprint density at radius 1 is 0.848 bits per heavy atom. The van der Waals surface area contributed by atoms with E-state index in [1.165, 1.54) is 63.4 Å². The monoisotopic (exact) mass is 456 g/mol. The van der Waals surface area contributed by atoms with Gasteiger partial charge in [-0.3, -0.25) is 0 Å². The van der Waals surface area contributed by atoms with E-state index in [-0.39, 0.29) is 0 Å². The summed E-state index contributed by atoms with van der Waals surface area (Å²) in [6.07, 6.45) is 17.9. The smallest absolute Gasteiger partial charge is 0.159 e. The van der Waals surface area contributed by atoms with Crippen molar-refractivity contribution in [3.8, 4) is 17.1 Å². The summed E-state index contributed by atoms with van der Waals surface area (Å²) in [5.74, 6) is 1.70. The Morgan fingerprint density at radius 2 is 1.45 bits per heavy atom. The predicted octanol–water partition coefficient (Wildman–Crippen LogP) is 8.76. The molecular weight excluding hydrogens is 411 g/mol. The standard InChI is InChI=1S/C29H45FN2O/c1-4-6-7-8-9-10-11-12-13-14-25-15-17-26(18-16-25)29-31-22-28(23-32-29)33-20-19-27(30)21-24(3)5-2/h15-18,22-24,27H,4-14,19-21H2,1-3H3. The predicted molar refractivity (Wildman–Crippen MR) is 137 cm³/mol. The minimum absolute atomic E-state index is 0.355. The Hall–Kier alpha value is -1.97. The van der Waals surface area contributed by atoms with E-state index in [9.17, 15) is 4.39 Å². The van der Waals surface area contributed by atoms with Crippen LogP contribution in [0.15, 0.2) is 36.7 Å². The molecule has 4 heteroatoms. The zero-order chi connectivity index (χ0) is 23.7. The largest absolute Gasteiger partial charge is 0.490 e. The summed E-state index contributed by atoms with van der Waals surface area (Å²) in [5.41, 5.74) is 2.38. The first kappa shape index (κ1) is 27.3. The number of ether oxygens (including phenoxy) is 1. The van der Waals surface area contributed by atoms with Gasteiger partial charge in [0.1, 0.15) is 6.17 Å². The Bertz CT molecular complexity index is 732. The molecule has 0 aliphatic heterocycles. The maximum atomic E-state index is 13.9. The molecule has 0 spiro atoms. The van der Waals surface area contributed by atoms with Crippen LogP contribution in [0.2, 0.25) is 0 Å². The first-order valence-corrected chi connectivity index (χ1v) is 13.3. The van der Waals surface area contributed by atoms with Crippen LogP contribution in [0, 0.1) is 5.92 Å². The Labute approximate surface area is 201 Å². The molecule has 0 amide bonds. The van der Waals surface area contributed by atoms with Gasteiger partial charge in [-0.25, -0.2) is 14.4 Å². The highest BCUT2D eigenvalue weighted by atomic mass is 19.1. The van der Waals surface area contributed by atoms with Gasteiger partial charge in [0.15, 0.2) is 11.6 Å². The second kappa shape index (κ2) is 16.6. The number of hydrogen-bond acceptors (Lipinski definition) is 3. The van der Waals surface area contributed by atoms with Crippen LogP contribution < -0.4 is 4.74 Å². The number of hydrogen-bond donors (Lipinski definition) is 0. The topological polar surface area (TPSA) is 35.0 Å². The lowest BCUT2D eigenvalue weighted by Gasteiger charge is -2.13. The van der Waals surface area contributed by atoms with E-state index < -0.39 is 6.17 Å². The first-order chi connectivity index (χ1) is 16.1. The van der Waals surface area contributed by atoms with Gasteiger partial charge in [-0.1, -0.05) is 103 Å². The summed E-state index contributed by atoms with van der Waals surface area (Å²) >= 11 is 0.